The van der Waals surface area contributed by atoms with Gasteiger partial charge in [0.05, 0.1) is 12.7 Å². The van der Waals surface area contributed by atoms with E-state index in [2.05, 4.69) is 26.3 Å². The Morgan fingerprint density at radius 3 is 2.61 bits per heavy atom. The second-order valence-corrected chi connectivity index (χ2v) is 6.22. The van der Waals surface area contributed by atoms with Crippen LogP contribution in [-0.2, 0) is 6.54 Å². The highest BCUT2D eigenvalue weighted by Crippen LogP contribution is 2.19. The van der Waals surface area contributed by atoms with Crippen molar-refractivity contribution in [2.24, 2.45) is 0 Å². The van der Waals surface area contributed by atoms with Gasteiger partial charge in [-0.3, -0.25) is 4.79 Å². The Morgan fingerprint density at radius 2 is 1.87 bits per heavy atom. The summed E-state index contributed by atoms with van der Waals surface area (Å²) < 4.78 is 2.75. The monoisotopic (exact) mass is 389 g/mol. The molecule has 0 bridgehead atoms. The molecule has 0 unspecified atom stereocenters. The molecule has 0 aliphatic rings. The van der Waals surface area contributed by atoms with E-state index in [0.717, 1.165) is 10.0 Å². The number of rotatable bonds is 4. The van der Waals surface area contributed by atoms with Crippen LogP contribution in [0.5, 0.6) is 0 Å². The summed E-state index contributed by atoms with van der Waals surface area (Å²) in [5.74, 6) is 0.441. The van der Waals surface area contributed by atoms with Gasteiger partial charge < -0.3 is 5.32 Å². The third kappa shape index (κ3) is 3.81. The lowest BCUT2D eigenvalue weighted by Crippen LogP contribution is -2.16. The fourth-order valence-corrected chi connectivity index (χ4v) is 2.68. The van der Waals surface area contributed by atoms with Crippen LogP contribution in [0.1, 0.15) is 15.9 Å². The Balaban J connectivity index is 1.77. The molecule has 4 nitrogen and oxygen atoms in total. The smallest absolute Gasteiger partial charge is 0.256 e. The summed E-state index contributed by atoms with van der Waals surface area (Å²) in [7, 11) is 0. The first-order valence-electron chi connectivity index (χ1n) is 6.95. The molecule has 3 rings (SSSR count). The van der Waals surface area contributed by atoms with Gasteiger partial charge >= 0.3 is 0 Å². The van der Waals surface area contributed by atoms with Crippen LogP contribution in [0.4, 0.5) is 5.82 Å². The molecule has 1 amide bonds. The van der Waals surface area contributed by atoms with Crippen LogP contribution in [0, 0.1) is 0 Å². The molecular formula is C17H13BrClN3O. The minimum atomic E-state index is -0.199. The van der Waals surface area contributed by atoms with Crippen LogP contribution >= 0.6 is 27.5 Å². The lowest BCUT2D eigenvalue weighted by atomic mass is 10.2. The lowest BCUT2D eigenvalue weighted by Gasteiger charge is -2.10. The Hall–Kier alpha value is -2.11. The molecule has 1 N–H and O–H groups in total. The second-order valence-electron chi connectivity index (χ2n) is 4.93. The molecule has 2 aromatic carbocycles. The van der Waals surface area contributed by atoms with E-state index in [1.807, 2.05) is 24.3 Å². The van der Waals surface area contributed by atoms with E-state index < -0.39 is 0 Å². The SMILES string of the molecule is O=C(Nc1ccnn1Cc1ccccc1Br)c1ccc(Cl)cc1. The molecule has 1 aromatic heterocycles. The highest BCUT2D eigenvalue weighted by molar-refractivity contribution is 9.10. The molecule has 3 aromatic rings. The third-order valence-electron chi connectivity index (χ3n) is 3.34. The molecule has 116 valence electrons. The van der Waals surface area contributed by atoms with Crippen molar-refractivity contribution >= 4 is 39.3 Å². The first kappa shape index (κ1) is 15.8. The van der Waals surface area contributed by atoms with Crippen LogP contribution in [0.25, 0.3) is 0 Å². The van der Waals surface area contributed by atoms with Crippen LogP contribution in [0.2, 0.25) is 5.02 Å². The maximum absolute atomic E-state index is 12.3. The molecule has 23 heavy (non-hydrogen) atoms. The van der Waals surface area contributed by atoms with E-state index in [9.17, 15) is 4.79 Å². The average molecular weight is 391 g/mol. The average Bonchev–Trinajstić information content (AvgIpc) is 2.97. The second kappa shape index (κ2) is 6.98. The molecule has 0 aliphatic carbocycles. The van der Waals surface area contributed by atoms with Gasteiger partial charge in [0.2, 0.25) is 0 Å². The molecule has 1 heterocycles. The minimum Gasteiger partial charge on any atom is -0.307 e. The maximum atomic E-state index is 12.3. The van der Waals surface area contributed by atoms with E-state index >= 15 is 0 Å². The van der Waals surface area contributed by atoms with Gasteiger partial charge in [-0.2, -0.15) is 5.10 Å². The topological polar surface area (TPSA) is 46.9 Å². The molecule has 0 saturated heterocycles. The zero-order valence-corrected chi connectivity index (χ0v) is 14.4. The number of carbonyl (C=O) groups is 1. The number of carbonyl (C=O) groups excluding carboxylic acids is 1. The number of nitrogens with zero attached hydrogens (tertiary/aromatic N) is 2. The first-order valence-corrected chi connectivity index (χ1v) is 8.13. The van der Waals surface area contributed by atoms with E-state index in [0.29, 0.717) is 22.9 Å². The number of hydrogen-bond acceptors (Lipinski definition) is 2. The van der Waals surface area contributed by atoms with E-state index in [1.54, 1.807) is 41.2 Å². The summed E-state index contributed by atoms with van der Waals surface area (Å²) >= 11 is 9.36. The Labute approximate surface area is 147 Å². The quantitative estimate of drug-likeness (QED) is 0.708. The third-order valence-corrected chi connectivity index (χ3v) is 4.37. The molecule has 0 spiro atoms. The summed E-state index contributed by atoms with van der Waals surface area (Å²) in [6, 6.07) is 16.4. The summed E-state index contributed by atoms with van der Waals surface area (Å²) in [4.78, 5) is 12.3. The predicted octanol–water partition coefficient (Wildman–Crippen LogP) is 4.60. The fourth-order valence-electron chi connectivity index (χ4n) is 2.14. The standard InChI is InChI=1S/C17H13BrClN3O/c18-15-4-2-1-3-13(15)11-22-16(9-10-20-22)21-17(23)12-5-7-14(19)8-6-12/h1-10H,11H2,(H,21,23). The number of amides is 1. The summed E-state index contributed by atoms with van der Waals surface area (Å²) in [6.07, 6.45) is 1.66. The minimum absolute atomic E-state index is 0.199. The van der Waals surface area contributed by atoms with Gasteiger partial charge in [-0.25, -0.2) is 4.68 Å². The van der Waals surface area contributed by atoms with Crippen LogP contribution in [0.15, 0.2) is 65.3 Å². The first-order chi connectivity index (χ1) is 11.1. The number of anilines is 1. The number of halogens is 2. The number of hydrogen-bond donors (Lipinski definition) is 1. The van der Waals surface area contributed by atoms with Crippen LogP contribution < -0.4 is 5.32 Å². The summed E-state index contributed by atoms with van der Waals surface area (Å²) in [6.45, 7) is 0.560. The van der Waals surface area contributed by atoms with Gasteiger partial charge in [0.15, 0.2) is 0 Å². The van der Waals surface area contributed by atoms with E-state index in [-0.39, 0.29) is 5.91 Å². The largest absolute Gasteiger partial charge is 0.307 e. The van der Waals surface area contributed by atoms with Crippen molar-refractivity contribution in [2.45, 2.75) is 6.54 Å². The molecular weight excluding hydrogens is 378 g/mol. The molecule has 0 aliphatic heterocycles. The van der Waals surface area contributed by atoms with Gasteiger partial charge in [0.1, 0.15) is 5.82 Å². The Morgan fingerprint density at radius 1 is 1.13 bits per heavy atom. The van der Waals surface area contributed by atoms with E-state index in [4.69, 9.17) is 11.6 Å². The zero-order chi connectivity index (χ0) is 16.2. The fraction of sp³-hybridized carbons (Fsp3) is 0.0588. The maximum Gasteiger partial charge on any atom is 0.256 e. The highest BCUT2D eigenvalue weighted by atomic mass is 79.9. The number of aromatic nitrogens is 2. The zero-order valence-electron chi connectivity index (χ0n) is 12.0. The summed E-state index contributed by atoms with van der Waals surface area (Å²) in [5, 5.41) is 7.74. The lowest BCUT2D eigenvalue weighted by molar-refractivity contribution is 0.102. The van der Waals surface area contributed by atoms with Gasteiger partial charge in [-0.15, -0.1) is 0 Å². The Bertz CT molecular complexity index is 830. The Kier molecular flexibility index (Phi) is 4.79. The molecule has 0 radical (unpaired) electrons. The summed E-state index contributed by atoms with van der Waals surface area (Å²) in [5.41, 5.74) is 1.63. The van der Waals surface area contributed by atoms with Crippen molar-refractivity contribution < 1.29 is 4.79 Å². The molecule has 0 fully saturated rings. The van der Waals surface area contributed by atoms with Crippen molar-refractivity contribution in [1.82, 2.24) is 9.78 Å². The molecule has 6 heteroatoms. The predicted molar refractivity (Wildman–Crippen MR) is 94.9 cm³/mol. The molecule has 0 atom stereocenters. The van der Waals surface area contributed by atoms with Gasteiger partial charge in [-0.05, 0) is 35.9 Å². The van der Waals surface area contributed by atoms with Crippen molar-refractivity contribution in [3.8, 4) is 0 Å². The van der Waals surface area contributed by atoms with Gasteiger partial charge in [0.25, 0.3) is 5.91 Å². The van der Waals surface area contributed by atoms with Gasteiger partial charge in [-0.1, -0.05) is 45.7 Å². The molecule has 0 saturated carbocycles. The van der Waals surface area contributed by atoms with Gasteiger partial charge in [0, 0.05) is 21.1 Å². The van der Waals surface area contributed by atoms with Crippen molar-refractivity contribution in [3.05, 3.63) is 81.4 Å². The van der Waals surface area contributed by atoms with Crippen LogP contribution in [-0.4, -0.2) is 15.7 Å². The number of nitrogens with one attached hydrogen (secondary N) is 1. The van der Waals surface area contributed by atoms with Crippen molar-refractivity contribution in [3.63, 3.8) is 0 Å². The van der Waals surface area contributed by atoms with E-state index in [1.165, 1.54) is 0 Å². The van der Waals surface area contributed by atoms with Crippen molar-refractivity contribution in [2.75, 3.05) is 5.32 Å². The highest BCUT2D eigenvalue weighted by Gasteiger charge is 2.10. The van der Waals surface area contributed by atoms with Crippen LogP contribution in [0.3, 0.4) is 0 Å². The number of benzene rings is 2. The normalized spacial score (nSPS) is 10.5. The van der Waals surface area contributed by atoms with Crippen molar-refractivity contribution in [1.29, 1.82) is 0 Å².